The van der Waals surface area contributed by atoms with Gasteiger partial charge in [0.15, 0.2) is 11.5 Å². The number of fused-ring (bicyclic) bond motifs is 1. The Bertz CT molecular complexity index is 1180. The Morgan fingerprint density at radius 3 is 2.58 bits per heavy atom. The summed E-state index contributed by atoms with van der Waals surface area (Å²) in [5.74, 6) is 1.92. The number of benzene rings is 1. The van der Waals surface area contributed by atoms with Crippen LogP contribution in [0.5, 0.6) is 17.2 Å². The second kappa shape index (κ2) is 5.84. The number of aromatic nitrogens is 1. The molecule has 4 rings (SSSR count). The summed E-state index contributed by atoms with van der Waals surface area (Å²) in [6.07, 6.45) is 3.77. The summed E-state index contributed by atoms with van der Waals surface area (Å²) in [4.78, 5) is 11.9. The lowest BCUT2D eigenvalue weighted by Crippen LogP contribution is -2.05. The first-order valence-electron chi connectivity index (χ1n) is 8.09. The largest absolute Gasteiger partial charge is 0.507 e. The molecule has 3 heterocycles. The molecule has 6 heteroatoms. The van der Waals surface area contributed by atoms with Gasteiger partial charge in [-0.2, -0.15) is 0 Å². The number of rotatable bonds is 3. The molecule has 0 spiro atoms. The minimum Gasteiger partial charge on any atom is -0.507 e. The van der Waals surface area contributed by atoms with Crippen molar-refractivity contribution in [2.75, 3.05) is 0 Å². The van der Waals surface area contributed by atoms with Crippen LogP contribution in [0, 0.1) is 13.8 Å². The summed E-state index contributed by atoms with van der Waals surface area (Å²) >= 11 is 0. The molecule has 0 fully saturated rings. The van der Waals surface area contributed by atoms with Crippen molar-refractivity contribution < 1.29 is 18.7 Å². The van der Waals surface area contributed by atoms with Gasteiger partial charge in [0, 0.05) is 30.4 Å². The van der Waals surface area contributed by atoms with Crippen LogP contribution in [-0.4, -0.2) is 9.67 Å². The Morgan fingerprint density at radius 2 is 1.85 bits per heavy atom. The van der Waals surface area contributed by atoms with Gasteiger partial charge in [-0.15, -0.1) is 0 Å². The molecule has 0 aliphatic rings. The van der Waals surface area contributed by atoms with E-state index in [4.69, 9.17) is 13.6 Å². The van der Waals surface area contributed by atoms with E-state index in [0.29, 0.717) is 22.7 Å². The summed E-state index contributed by atoms with van der Waals surface area (Å²) < 4.78 is 18.8. The number of hydrogen-bond acceptors (Lipinski definition) is 5. The van der Waals surface area contributed by atoms with Crippen molar-refractivity contribution in [3.05, 3.63) is 64.3 Å². The van der Waals surface area contributed by atoms with Gasteiger partial charge in [-0.05, 0) is 44.2 Å². The number of furan rings is 1. The summed E-state index contributed by atoms with van der Waals surface area (Å²) in [6.45, 7) is 3.20. The lowest BCUT2D eigenvalue weighted by Gasteiger charge is -2.05. The molecule has 0 radical (unpaired) electrons. The quantitative estimate of drug-likeness (QED) is 0.588. The minimum absolute atomic E-state index is 0.0789. The molecule has 132 valence electrons. The predicted molar refractivity (Wildman–Crippen MR) is 96.8 cm³/mol. The summed E-state index contributed by atoms with van der Waals surface area (Å²) in [7, 11) is 1.92. The van der Waals surface area contributed by atoms with Crippen molar-refractivity contribution in [1.29, 1.82) is 0 Å². The maximum absolute atomic E-state index is 11.9. The average molecular weight is 351 g/mol. The van der Waals surface area contributed by atoms with Gasteiger partial charge in [0.1, 0.15) is 22.8 Å². The summed E-state index contributed by atoms with van der Waals surface area (Å²) in [6, 6.07) is 9.07. The predicted octanol–water partition coefficient (Wildman–Crippen LogP) is 4.51. The molecule has 3 aromatic heterocycles. The molecular weight excluding hydrogens is 334 g/mol. The highest BCUT2D eigenvalue weighted by atomic mass is 16.5. The van der Waals surface area contributed by atoms with E-state index < -0.39 is 5.63 Å². The Hall–Kier alpha value is -3.41. The van der Waals surface area contributed by atoms with E-state index in [2.05, 4.69) is 0 Å². The molecule has 1 aromatic carbocycles. The first kappa shape index (κ1) is 16.1. The molecule has 26 heavy (non-hydrogen) atoms. The Morgan fingerprint density at radius 1 is 1.04 bits per heavy atom. The molecule has 0 amide bonds. The van der Waals surface area contributed by atoms with Crippen LogP contribution in [0.15, 0.2) is 56.4 Å². The number of aromatic hydroxyl groups is 1. The van der Waals surface area contributed by atoms with Gasteiger partial charge in [-0.1, -0.05) is 0 Å². The lowest BCUT2D eigenvalue weighted by atomic mass is 10.1. The molecule has 1 N–H and O–H groups in total. The van der Waals surface area contributed by atoms with Crippen molar-refractivity contribution in [2.24, 2.45) is 7.05 Å². The Labute approximate surface area is 148 Å². The first-order valence-corrected chi connectivity index (χ1v) is 8.09. The molecule has 0 unspecified atom stereocenters. The molecule has 0 atom stereocenters. The van der Waals surface area contributed by atoms with Gasteiger partial charge in [0.25, 0.3) is 0 Å². The maximum Gasteiger partial charge on any atom is 0.343 e. The second-order valence-electron chi connectivity index (χ2n) is 6.24. The SMILES string of the molecule is Cc1c(-c2cc3cc(Oc4ccn(C)c4)ccc3o2)oc(=O)c(C)c1O. The zero-order valence-electron chi connectivity index (χ0n) is 14.6. The van der Waals surface area contributed by atoms with Crippen LogP contribution in [-0.2, 0) is 7.05 Å². The van der Waals surface area contributed by atoms with Gasteiger partial charge in [0.2, 0.25) is 0 Å². The Balaban J connectivity index is 1.76. The van der Waals surface area contributed by atoms with Crippen LogP contribution in [0.25, 0.3) is 22.5 Å². The van der Waals surface area contributed by atoms with Gasteiger partial charge >= 0.3 is 5.63 Å². The summed E-state index contributed by atoms with van der Waals surface area (Å²) in [5, 5.41) is 10.9. The maximum atomic E-state index is 11.9. The fraction of sp³-hybridized carbons (Fsp3) is 0.150. The highest BCUT2D eigenvalue weighted by Crippen LogP contribution is 2.35. The van der Waals surface area contributed by atoms with Crippen molar-refractivity contribution >= 4 is 11.0 Å². The van der Waals surface area contributed by atoms with E-state index in [1.165, 1.54) is 6.92 Å². The number of nitrogens with zero attached hydrogens (tertiary/aromatic N) is 1. The first-order chi connectivity index (χ1) is 12.4. The zero-order valence-corrected chi connectivity index (χ0v) is 14.6. The fourth-order valence-electron chi connectivity index (χ4n) is 2.84. The topological polar surface area (TPSA) is 77.7 Å². The van der Waals surface area contributed by atoms with E-state index in [-0.39, 0.29) is 17.1 Å². The lowest BCUT2D eigenvalue weighted by molar-refractivity contribution is 0.433. The van der Waals surface area contributed by atoms with E-state index in [0.717, 1.165) is 11.1 Å². The van der Waals surface area contributed by atoms with Crippen LogP contribution in [0.1, 0.15) is 11.1 Å². The third-order valence-electron chi connectivity index (χ3n) is 4.30. The van der Waals surface area contributed by atoms with Gasteiger partial charge in [0.05, 0.1) is 5.56 Å². The van der Waals surface area contributed by atoms with Crippen LogP contribution >= 0.6 is 0 Å². The van der Waals surface area contributed by atoms with Crippen molar-refractivity contribution in [3.8, 4) is 28.8 Å². The van der Waals surface area contributed by atoms with Crippen LogP contribution in [0.2, 0.25) is 0 Å². The van der Waals surface area contributed by atoms with Gasteiger partial charge in [-0.3, -0.25) is 0 Å². The van der Waals surface area contributed by atoms with E-state index >= 15 is 0 Å². The van der Waals surface area contributed by atoms with Crippen LogP contribution < -0.4 is 10.4 Å². The molecule has 0 aliphatic carbocycles. The number of hydrogen-bond donors (Lipinski definition) is 1. The van der Waals surface area contributed by atoms with Crippen molar-refractivity contribution in [1.82, 2.24) is 4.57 Å². The van der Waals surface area contributed by atoms with Gasteiger partial charge < -0.3 is 23.2 Å². The third kappa shape index (κ3) is 2.65. The van der Waals surface area contributed by atoms with Crippen LogP contribution in [0.4, 0.5) is 0 Å². The standard InChI is InChI=1S/C20H17NO5/c1-11-18(22)12(2)20(23)26-19(11)17-9-13-8-14(4-5-16(13)25-17)24-15-6-7-21(3)10-15/h4-10,22H,1-3H3. The molecule has 0 saturated heterocycles. The molecule has 0 saturated carbocycles. The van der Waals surface area contributed by atoms with Crippen molar-refractivity contribution in [2.45, 2.75) is 13.8 Å². The van der Waals surface area contributed by atoms with Crippen molar-refractivity contribution in [3.63, 3.8) is 0 Å². The van der Waals surface area contributed by atoms with Crippen LogP contribution in [0.3, 0.4) is 0 Å². The zero-order chi connectivity index (χ0) is 18.4. The Kier molecular flexibility index (Phi) is 3.61. The smallest absolute Gasteiger partial charge is 0.343 e. The third-order valence-corrected chi connectivity index (χ3v) is 4.30. The molecule has 4 aromatic rings. The normalized spacial score (nSPS) is 11.2. The van der Waals surface area contributed by atoms with E-state index in [1.54, 1.807) is 25.1 Å². The minimum atomic E-state index is -0.586. The van der Waals surface area contributed by atoms with Gasteiger partial charge in [-0.25, -0.2) is 4.79 Å². The van der Waals surface area contributed by atoms with E-state index in [1.807, 2.05) is 36.1 Å². The average Bonchev–Trinajstić information content (AvgIpc) is 3.21. The second-order valence-corrected chi connectivity index (χ2v) is 6.24. The molecule has 0 bridgehead atoms. The highest BCUT2D eigenvalue weighted by molar-refractivity contribution is 5.84. The van der Waals surface area contributed by atoms with E-state index in [9.17, 15) is 9.90 Å². The fourth-order valence-corrected chi connectivity index (χ4v) is 2.84. The highest BCUT2D eigenvalue weighted by Gasteiger charge is 2.18. The number of aryl methyl sites for hydroxylation is 1. The molecular formula is C20H17NO5. The molecule has 6 nitrogen and oxygen atoms in total. The monoisotopic (exact) mass is 351 g/mol. The number of ether oxygens (including phenoxy) is 1. The molecule has 0 aliphatic heterocycles. The summed E-state index contributed by atoms with van der Waals surface area (Å²) in [5.41, 5.74) is 0.682.